The molecule has 1 fully saturated rings. The first-order valence-corrected chi connectivity index (χ1v) is 10.0. The number of likely N-dealkylation sites (N-methyl/N-ethyl adjacent to an activating group) is 1. The summed E-state index contributed by atoms with van der Waals surface area (Å²) in [7, 11) is 2.09. The summed E-state index contributed by atoms with van der Waals surface area (Å²) in [6.07, 6.45) is 1.84. The number of fused-ring (bicyclic) bond motifs is 2. The standard InChI is InChI=1S/C22H25N5O2/c1-26-8-6-16(12-26)29-22-24-19-13-27(9-7-18(19)21(23)25-22)20-11-15(28)10-14-4-2-3-5-17(14)20/h2-5,10-11,16,28H,6-9,12-13H2,1H3,(H2,23,24,25). The van der Waals surface area contributed by atoms with Crippen LogP contribution in [0.1, 0.15) is 17.7 Å². The molecule has 0 amide bonds. The summed E-state index contributed by atoms with van der Waals surface area (Å²) in [5.74, 6) is 0.776. The molecule has 0 aliphatic carbocycles. The van der Waals surface area contributed by atoms with Gasteiger partial charge in [-0.3, -0.25) is 0 Å². The van der Waals surface area contributed by atoms with E-state index in [4.69, 9.17) is 15.5 Å². The Balaban J connectivity index is 1.46. The Kier molecular flexibility index (Phi) is 4.39. The molecule has 0 bridgehead atoms. The van der Waals surface area contributed by atoms with Crippen LogP contribution in [0.4, 0.5) is 11.5 Å². The molecule has 1 atom stereocenters. The Bertz CT molecular complexity index is 1070. The molecule has 2 aliphatic heterocycles. The lowest BCUT2D eigenvalue weighted by Gasteiger charge is -2.31. The third kappa shape index (κ3) is 3.42. The molecule has 1 aromatic heterocycles. The first-order valence-electron chi connectivity index (χ1n) is 10.0. The van der Waals surface area contributed by atoms with Gasteiger partial charge in [0.25, 0.3) is 0 Å². The monoisotopic (exact) mass is 391 g/mol. The predicted molar refractivity (Wildman–Crippen MR) is 113 cm³/mol. The van der Waals surface area contributed by atoms with Gasteiger partial charge in [-0.2, -0.15) is 9.97 Å². The molecule has 150 valence electrons. The maximum Gasteiger partial charge on any atom is 0.318 e. The van der Waals surface area contributed by atoms with Gasteiger partial charge >= 0.3 is 6.01 Å². The second-order valence-electron chi connectivity index (χ2n) is 7.97. The Morgan fingerprint density at radius 1 is 1.17 bits per heavy atom. The van der Waals surface area contributed by atoms with E-state index in [-0.39, 0.29) is 11.9 Å². The highest BCUT2D eigenvalue weighted by atomic mass is 16.5. The van der Waals surface area contributed by atoms with Crippen LogP contribution in [0.3, 0.4) is 0 Å². The summed E-state index contributed by atoms with van der Waals surface area (Å²) in [4.78, 5) is 13.6. The van der Waals surface area contributed by atoms with Gasteiger partial charge in [0, 0.05) is 42.3 Å². The van der Waals surface area contributed by atoms with E-state index in [2.05, 4.69) is 27.9 Å². The number of phenolic OH excluding ortho intramolecular Hbond substituents is 1. The number of likely N-dealkylation sites (tertiary alicyclic amines) is 1. The van der Waals surface area contributed by atoms with Crippen LogP contribution in [0, 0.1) is 0 Å². The van der Waals surface area contributed by atoms with Gasteiger partial charge in [-0.15, -0.1) is 0 Å². The van der Waals surface area contributed by atoms with E-state index in [0.29, 0.717) is 18.4 Å². The molecule has 7 nitrogen and oxygen atoms in total. The van der Waals surface area contributed by atoms with E-state index in [1.807, 2.05) is 24.3 Å². The minimum absolute atomic E-state index is 0.104. The quantitative estimate of drug-likeness (QED) is 0.709. The zero-order valence-corrected chi connectivity index (χ0v) is 16.5. The van der Waals surface area contributed by atoms with Crippen LogP contribution in [0.25, 0.3) is 10.8 Å². The maximum absolute atomic E-state index is 10.2. The molecule has 0 saturated carbocycles. The number of anilines is 2. The number of aromatic hydroxyl groups is 1. The first kappa shape index (κ1) is 18.0. The van der Waals surface area contributed by atoms with Gasteiger partial charge in [0.05, 0.1) is 12.2 Å². The van der Waals surface area contributed by atoms with Crippen molar-refractivity contribution in [2.75, 3.05) is 37.3 Å². The van der Waals surface area contributed by atoms with Crippen molar-refractivity contribution in [1.29, 1.82) is 0 Å². The van der Waals surface area contributed by atoms with Crippen molar-refractivity contribution in [1.82, 2.24) is 14.9 Å². The van der Waals surface area contributed by atoms with Gasteiger partial charge in [0.15, 0.2) is 0 Å². The molecular formula is C22H25N5O2. The van der Waals surface area contributed by atoms with Crippen molar-refractivity contribution in [3.63, 3.8) is 0 Å². The molecule has 3 aromatic rings. The molecule has 5 rings (SSSR count). The molecule has 1 saturated heterocycles. The number of rotatable bonds is 3. The third-order valence-corrected chi connectivity index (χ3v) is 5.86. The maximum atomic E-state index is 10.2. The number of nitrogen functional groups attached to an aromatic ring is 1. The molecule has 3 N–H and O–H groups in total. The van der Waals surface area contributed by atoms with Gasteiger partial charge in [0.2, 0.25) is 0 Å². The van der Waals surface area contributed by atoms with Crippen LogP contribution in [0.2, 0.25) is 0 Å². The average molecular weight is 391 g/mol. The first-order chi connectivity index (χ1) is 14.1. The van der Waals surface area contributed by atoms with Gasteiger partial charge in [-0.25, -0.2) is 0 Å². The molecular weight excluding hydrogens is 366 g/mol. The van der Waals surface area contributed by atoms with Crippen molar-refractivity contribution in [2.24, 2.45) is 0 Å². The summed E-state index contributed by atoms with van der Waals surface area (Å²) in [5, 5.41) is 12.3. The van der Waals surface area contributed by atoms with E-state index in [9.17, 15) is 5.11 Å². The number of hydrogen-bond donors (Lipinski definition) is 2. The molecule has 0 spiro atoms. The molecule has 0 radical (unpaired) electrons. The summed E-state index contributed by atoms with van der Waals surface area (Å²) >= 11 is 0. The number of nitrogens with zero attached hydrogens (tertiary/aromatic N) is 4. The van der Waals surface area contributed by atoms with Crippen LogP contribution in [0.15, 0.2) is 36.4 Å². The van der Waals surface area contributed by atoms with Gasteiger partial charge in [-0.05, 0) is 31.3 Å². The third-order valence-electron chi connectivity index (χ3n) is 5.86. The topological polar surface area (TPSA) is 87.7 Å². The number of benzene rings is 2. The van der Waals surface area contributed by atoms with Crippen LogP contribution in [0.5, 0.6) is 11.8 Å². The number of hydrogen-bond acceptors (Lipinski definition) is 7. The van der Waals surface area contributed by atoms with Gasteiger partial charge < -0.3 is 25.4 Å². The second-order valence-corrected chi connectivity index (χ2v) is 7.97. The van der Waals surface area contributed by atoms with Crippen LogP contribution in [-0.4, -0.2) is 52.8 Å². The summed E-state index contributed by atoms with van der Waals surface area (Å²) < 4.78 is 6.02. The summed E-state index contributed by atoms with van der Waals surface area (Å²) in [5.41, 5.74) is 9.15. The number of nitrogens with two attached hydrogens (primary N) is 1. The fourth-order valence-electron chi connectivity index (χ4n) is 4.37. The molecule has 2 aliphatic rings. The molecule has 3 heterocycles. The van der Waals surface area contributed by atoms with Crippen molar-refractivity contribution >= 4 is 22.3 Å². The van der Waals surface area contributed by atoms with E-state index < -0.39 is 0 Å². The van der Waals surface area contributed by atoms with Crippen molar-refractivity contribution in [3.8, 4) is 11.8 Å². The Hall–Kier alpha value is -3.06. The SMILES string of the molecule is CN1CCC(Oc2nc(N)c3c(n2)CN(c2cc(O)cc4ccccc24)CC3)C1. The normalized spacial score (nSPS) is 19.5. The van der Waals surface area contributed by atoms with E-state index >= 15 is 0 Å². The number of ether oxygens (including phenoxy) is 1. The minimum Gasteiger partial charge on any atom is -0.508 e. The second kappa shape index (κ2) is 7.08. The lowest BCUT2D eigenvalue weighted by Crippen LogP contribution is -2.32. The highest BCUT2D eigenvalue weighted by molar-refractivity contribution is 5.95. The Morgan fingerprint density at radius 2 is 2.03 bits per heavy atom. The molecule has 1 unspecified atom stereocenters. The highest BCUT2D eigenvalue weighted by Gasteiger charge is 2.26. The van der Waals surface area contributed by atoms with Crippen LogP contribution < -0.4 is 15.4 Å². The molecule has 2 aromatic carbocycles. The molecule has 29 heavy (non-hydrogen) atoms. The average Bonchev–Trinajstić information content (AvgIpc) is 3.11. The summed E-state index contributed by atoms with van der Waals surface area (Å²) in [6.45, 7) is 3.29. The van der Waals surface area contributed by atoms with Crippen LogP contribution >= 0.6 is 0 Å². The number of aromatic nitrogens is 2. The largest absolute Gasteiger partial charge is 0.508 e. The lowest BCUT2D eigenvalue weighted by atomic mass is 10.0. The van der Waals surface area contributed by atoms with E-state index in [0.717, 1.165) is 60.2 Å². The number of phenols is 1. The zero-order valence-electron chi connectivity index (χ0n) is 16.5. The molecule has 7 heteroatoms. The highest BCUT2D eigenvalue weighted by Crippen LogP contribution is 2.35. The predicted octanol–water partition coefficient (Wildman–Crippen LogP) is 2.56. The van der Waals surface area contributed by atoms with Crippen molar-refractivity contribution in [2.45, 2.75) is 25.5 Å². The Morgan fingerprint density at radius 3 is 2.86 bits per heavy atom. The zero-order chi connectivity index (χ0) is 20.0. The Labute approximate surface area is 169 Å². The summed E-state index contributed by atoms with van der Waals surface area (Å²) in [6, 6.07) is 12.1. The van der Waals surface area contributed by atoms with Crippen molar-refractivity contribution < 1.29 is 9.84 Å². The smallest absolute Gasteiger partial charge is 0.318 e. The minimum atomic E-state index is 0.104. The van der Waals surface area contributed by atoms with Gasteiger partial charge in [-0.1, -0.05) is 24.3 Å². The van der Waals surface area contributed by atoms with Crippen LogP contribution in [-0.2, 0) is 13.0 Å². The van der Waals surface area contributed by atoms with E-state index in [1.54, 1.807) is 6.07 Å². The fourth-order valence-corrected chi connectivity index (χ4v) is 4.37. The van der Waals surface area contributed by atoms with Gasteiger partial charge in [0.1, 0.15) is 17.7 Å². The lowest BCUT2D eigenvalue weighted by molar-refractivity contribution is 0.191. The van der Waals surface area contributed by atoms with Crippen molar-refractivity contribution in [3.05, 3.63) is 47.7 Å². The fraction of sp³-hybridized carbons (Fsp3) is 0.364. The van der Waals surface area contributed by atoms with E-state index in [1.165, 1.54) is 0 Å².